The molecule has 1 aliphatic carbocycles. The SMILES string of the molecule is c1cc2ccc(OCCOc3ccc4c(c3)CCC4)cc2[nH]1. The van der Waals surface area contributed by atoms with Gasteiger partial charge in [-0.25, -0.2) is 0 Å². The Hall–Kier alpha value is -2.42. The zero-order valence-electron chi connectivity index (χ0n) is 12.5. The number of aromatic amines is 1. The van der Waals surface area contributed by atoms with E-state index < -0.39 is 0 Å². The maximum Gasteiger partial charge on any atom is 0.122 e. The monoisotopic (exact) mass is 293 g/mol. The Morgan fingerprint density at radius 2 is 1.59 bits per heavy atom. The van der Waals surface area contributed by atoms with Crippen LogP contribution in [0, 0.1) is 0 Å². The molecule has 0 saturated heterocycles. The number of benzene rings is 2. The lowest BCUT2D eigenvalue weighted by molar-refractivity contribution is 0.217. The van der Waals surface area contributed by atoms with E-state index in [9.17, 15) is 0 Å². The Labute approximate surface area is 129 Å². The molecule has 0 radical (unpaired) electrons. The molecule has 1 aromatic heterocycles. The van der Waals surface area contributed by atoms with E-state index in [2.05, 4.69) is 35.3 Å². The normalized spacial score (nSPS) is 13.3. The van der Waals surface area contributed by atoms with E-state index in [0.717, 1.165) is 17.0 Å². The lowest BCUT2D eigenvalue weighted by Crippen LogP contribution is -2.09. The number of aryl methyl sites for hydroxylation is 2. The standard InChI is InChI=1S/C19H19NO2/c1-2-14-4-6-17(12-16(14)3-1)21-10-11-22-18-7-5-15-8-9-20-19(15)13-18/h4-9,12-13,20H,1-3,10-11H2. The number of fused-ring (bicyclic) bond motifs is 2. The van der Waals surface area contributed by atoms with Crippen LogP contribution in [0.25, 0.3) is 10.9 Å². The second-order valence-corrected chi connectivity index (χ2v) is 5.71. The van der Waals surface area contributed by atoms with E-state index in [1.807, 2.05) is 18.3 Å². The lowest BCUT2D eigenvalue weighted by atomic mass is 10.1. The molecule has 4 rings (SSSR count). The van der Waals surface area contributed by atoms with E-state index in [0.29, 0.717) is 13.2 Å². The predicted molar refractivity (Wildman–Crippen MR) is 87.8 cm³/mol. The smallest absolute Gasteiger partial charge is 0.122 e. The van der Waals surface area contributed by atoms with Crippen molar-refractivity contribution < 1.29 is 9.47 Å². The van der Waals surface area contributed by atoms with Crippen LogP contribution in [0.15, 0.2) is 48.7 Å². The van der Waals surface area contributed by atoms with Gasteiger partial charge in [0.2, 0.25) is 0 Å². The minimum atomic E-state index is 0.545. The summed E-state index contributed by atoms with van der Waals surface area (Å²) in [6, 6.07) is 14.6. The molecule has 3 heteroatoms. The topological polar surface area (TPSA) is 34.2 Å². The average molecular weight is 293 g/mol. The van der Waals surface area contributed by atoms with Crippen molar-refractivity contribution >= 4 is 10.9 Å². The van der Waals surface area contributed by atoms with Crippen LogP contribution in [0.5, 0.6) is 11.5 Å². The van der Waals surface area contributed by atoms with Crippen LogP contribution >= 0.6 is 0 Å². The molecule has 0 saturated carbocycles. The summed E-state index contributed by atoms with van der Waals surface area (Å²) in [5.41, 5.74) is 4.01. The first-order valence-electron chi connectivity index (χ1n) is 7.83. The van der Waals surface area contributed by atoms with Gasteiger partial charge in [0.05, 0.1) is 0 Å². The van der Waals surface area contributed by atoms with E-state index in [4.69, 9.17) is 9.47 Å². The van der Waals surface area contributed by atoms with Gasteiger partial charge >= 0.3 is 0 Å². The van der Waals surface area contributed by atoms with Gasteiger partial charge in [0.15, 0.2) is 0 Å². The van der Waals surface area contributed by atoms with Crippen LogP contribution in [-0.2, 0) is 12.8 Å². The van der Waals surface area contributed by atoms with Crippen molar-refractivity contribution in [1.29, 1.82) is 0 Å². The van der Waals surface area contributed by atoms with Crippen LogP contribution in [0.3, 0.4) is 0 Å². The number of nitrogens with one attached hydrogen (secondary N) is 1. The first kappa shape index (κ1) is 13.3. The molecule has 0 fully saturated rings. The van der Waals surface area contributed by atoms with E-state index in [1.54, 1.807) is 0 Å². The summed E-state index contributed by atoms with van der Waals surface area (Å²) in [5.74, 6) is 1.82. The van der Waals surface area contributed by atoms with Gasteiger partial charge in [-0.2, -0.15) is 0 Å². The summed E-state index contributed by atoms with van der Waals surface area (Å²) in [4.78, 5) is 3.19. The second-order valence-electron chi connectivity index (χ2n) is 5.71. The van der Waals surface area contributed by atoms with E-state index >= 15 is 0 Å². The number of ether oxygens (including phenoxy) is 2. The quantitative estimate of drug-likeness (QED) is 0.718. The van der Waals surface area contributed by atoms with Crippen molar-refractivity contribution in [1.82, 2.24) is 4.98 Å². The van der Waals surface area contributed by atoms with Crippen molar-refractivity contribution in [2.75, 3.05) is 13.2 Å². The van der Waals surface area contributed by atoms with Crippen molar-refractivity contribution in [2.24, 2.45) is 0 Å². The van der Waals surface area contributed by atoms with E-state index in [-0.39, 0.29) is 0 Å². The Morgan fingerprint density at radius 1 is 0.818 bits per heavy atom. The summed E-state index contributed by atoms with van der Waals surface area (Å²) in [5, 5.41) is 1.20. The third kappa shape index (κ3) is 2.67. The van der Waals surface area contributed by atoms with Crippen molar-refractivity contribution in [2.45, 2.75) is 19.3 Å². The molecule has 0 spiro atoms. The number of rotatable bonds is 5. The fraction of sp³-hybridized carbons (Fsp3) is 0.263. The molecule has 0 bridgehead atoms. The molecule has 1 heterocycles. The summed E-state index contributed by atoms with van der Waals surface area (Å²) in [7, 11) is 0. The molecule has 3 aromatic rings. The molecule has 0 atom stereocenters. The largest absolute Gasteiger partial charge is 0.490 e. The third-order valence-corrected chi connectivity index (χ3v) is 4.22. The van der Waals surface area contributed by atoms with Gasteiger partial charge in [-0.15, -0.1) is 0 Å². The van der Waals surface area contributed by atoms with Crippen molar-refractivity contribution in [3.8, 4) is 11.5 Å². The fourth-order valence-corrected chi connectivity index (χ4v) is 3.07. The van der Waals surface area contributed by atoms with Crippen LogP contribution in [0.2, 0.25) is 0 Å². The first-order chi connectivity index (χ1) is 10.9. The van der Waals surface area contributed by atoms with Crippen LogP contribution in [0.1, 0.15) is 17.5 Å². The Bertz CT molecular complexity index is 791. The van der Waals surface area contributed by atoms with Gasteiger partial charge in [0, 0.05) is 17.8 Å². The summed E-state index contributed by atoms with van der Waals surface area (Å²) >= 11 is 0. The number of H-pyrrole nitrogens is 1. The maximum absolute atomic E-state index is 5.79. The molecule has 0 aliphatic heterocycles. The fourth-order valence-electron chi connectivity index (χ4n) is 3.07. The minimum Gasteiger partial charge on any atom is -0.490 e. The average Bonchev–Trinajstić information content (AvgIpc) is 3.19. The predicted octanol–water partition coefficient (Wildman–Crippen LogP) is 4.11. The van der Waals surface area contributed by atoms with Gasteiger partial charge in [-0.05, 0) is 66.1 Å². The van der Waals surface area contributed by atoms with Crippen molar-refractivity contribution in [3.63, 3.8) is 0 Å². The molecule has 3 nitrogen and oxygen atoms in total. The summed E-state index contributed by atoms with van der Waals surface area (Å²) < 4.78 is 11.5. The number of aromatic nitrogens is 1. The van der Waals surface area contributed by atoms with Crippen LogP contribution in [-0.4, -0.2) is 18.2 Å². The van der Waals surface area contributed by atoms with Crippen molar-refractivity contribution in [3.05, 3.63) is 59.8 Å². The molecule has 112 valence electrons. The van der Waals surface area contributed by atoms with Gasteiger partial charge in [0.25, 0.3) is 0 Å². The molecule has 0 unspecified atom stereocenters. The van der Waals surface area contributed by atoms with Gasteiger partial charge in [-0.1, -0.05) is 6.07 Å². The molecule has 1 aliphatic rings. The molecule has 2 aromatic carbocycles. The maximum atomic E-state index is 5.79. The van der Waals surface area contributed by atoms with E-state index in [1.165, 1.54) is 35.8 Å². The molecule has 1 N–H and O–H groups in total. The lowest BCUT2D eigenvalue weighted by Gasteiger charge is -2.09. The van der Waals surface area contributed by atoms with Gasteiger partial charge in [0.1, 0.15) is 24.7 Å². The Balaban J connectivity index is 1.31. The third-order valence-electron chi connectivity index (χ3n) is 4.22. The van der Waals surface area contributed by atoms with Crippen LogP contribution < -0.4 is 9.47 Å². The van der Waals surface area contributed by atoms with Crippen LogP contribution in [0.4, 0.5) is 0 Å². The molecular formula is C19H19NO2. The highest BCUT2D eigenvalue weighted by Gasteiger charge is 2.11. The van der Waals surface area contributed by atoms with Gasteiger partial charge in [-0.3, -0.25) is 0 Å². The molecule has 22 heavy (non-hydrogen) atoms. The minimum absolute atomic E-state index is 0.545. The zero-order valence-corrected chi connectivity index (χ0v) is 12.5. The summed E-state index contributed by atoms with van der Waals surface area (Å²) in [6.07, 6.45) is 5.59. The highest BCUT2D eigenvalue weighted by atomic mass is 16.5. The van der Waals surface area contributed by atoms with Gasteiger partial charge < -0.3 is 14.5 Å². The highest BCUT2D eigenvalue weighted by molar-refractivity contribution is 5.80. The summed E-state index contributed by atoms with van der Waals surface area (Å²) in [6.45, 7) is 1.10. The molecular weight excluding hydrogens is 274 g/mol. The zero-order chi connectivity index (χ0) is 14.8. The Morgan fingerprint density at radius 3 is 2.50 bits per heavy atom. The Kier molecular flexibility index (Phi) is 3.47. The second kappa shape index (κ2) is 5.76. The number of hydrogen-bond acceptors (Lipinski definition) is 2. The number of hydrogen-bond donors (Lipinski definition) is 1. The first-order valence-corrected chi connectivity index (χ1v) is 7.83. The molecule has 0 amide bonds. The highest BCUT2D eigenvalue weighted by Crippen LogP contribution is 2.26.